The Bertz CT molecular complexity index is 621. The molecule has 0 aromatic carbocycles. The second kappa shape index (κ2) is 6.55. The predicted molar refractivity (Wildman–Crippen MR) is 82.1 cm³/mol. The van der Waals surface area contributed by atoms with Crippen molar-refractivity contribution >= 4 is 17.8 Å². The lowest BCUT2D eigenvalue weighted by atomic mass is 10.2. The van der Waals surface area contributed by atoms with Crippen LogP contribution in [0.2, 0.25) is 0 Å². The zero-order valence-corrected chi connectivity index (χ0v) is 11.8. The van der Waals surface area contributed by atoms with E-state index in [4.69, 9.17) is 0 Å². The number of nitrogens with zero attached hydrogens (tertiary/aromatic N) is 3. The Labute approximate surface area is 126 Å². The van der Waals surface area contributed by atoms with E-state index >= 15 is 0 Å². The van der Waals surface area contributed by atoms with Crippen molar-refractivity contribution in [1.82, 2.24) is 5.32 Å². The van der Waals surface area contributed by atoms with Crippen LogP contribution < -0.4 is 5.32 Å². The Hall–Kier alpha value is -2.44. The number of alkyl halides is 3. The van der Waals surface area contributed by atoms with Crippen LogP contribution in [0.3, 0.4) is 0 Å². The number of aliphatic imine (C=N–C) groups is 3. The Kier molecular flexibility index (Phi) is 4.75. The third-order valence-electron chi connectivity index (χ3n) is 2.96. The summed E-state index contributed by atoms with van der Waals surface area (Å²) in [6.45, 7) is 7.23. The minimum atomic E-state index is -4.47. The molecule has 2 aliphatic heterocycles. The van der Waals surface area contributed by atoms with Crippen molar-refractivity contribution in [2.45, 2.75) is 25.2 Å². The molecule has 1 unspecified atom stereocenters. The van der Waals surface area contributed by atoms with E-state index in [1.54, 1.807) is 12.2 Å². The summed E-state index contributed by atoms with van der Waals surface area (Å²) in [6.07, 6.45) is 2.30. The van der Waals surface area contributed by atoms with Gasteiger partial charge in [-0.3, -0.25) is 9.98 Å². The number of halogens is 3. The van der Waals surface area contributed by atoms with E-state index in [1.165, 1.54) is 18.5 Å². The first-order valence-electron chi connectivity index (χ1n) is 6.58. The van der Waals surface area contributed by atoms with Gasteiger partial charge in [-0.1, -0.05) is 25.3 Å². The number of fused-ring (bicyclic) bond motifs is 1. The molecular weight excluding hydrogens is 293 g/mol. The molecule has 116 valence electrons. The zero-order chi connectivity index (χ0) is 16.2. The van der Waals surface area contributed by atoms with Crippen molar-refractivity contribution in [3.05, 3.63) is 48.9 Å². The molecule has 0 spiro atoms. The molecule has 2 bridgehead atoms. The monoisotopic (exact) mass is 308 g/mol. The summed E-state index contributed by atoms with van der Waals surface area (Å²) in [5.74, 6) is 0.355. The molecule has 0 aromatic heterocycles. The lowest BCUT2D eigenvalue weighted by Gasteiger charge is -2.20. The van der Waals surface area contributed by atoms with Crippen LogP contribution >= 0.6 is 0 Å². The number of hydrogen-bond donors (Lipinski definition) is 1. The van der Waals surface area contributed by atoms with Gasteiger partial charge >= 0.3 is 6.18 Å². The molecule has 0 fully saturated rings. The highest BCUT2D eigenvalue weighted by atomic mass is 19.4. The highest BCUT2D eigenvalue weighted by molar-refractivity contribution is 6.15. The van der Waals surface area contributed by atoms with E-state index in [1.807, 2.05) is 0 Å². The SMILES string of the molecule is C=CN=CC(=C)C1=NC2C=C(CC=CC/C(C(F)(F)F)=N\2)N1. The van der Waals surface area contributed by atoms with Crippen molar-refractivity contribution in [1.29, 1.82) is 0 Å². The highest BCUT2D eigenvalue weighted by Crippen LogP contribution is 2.23. The summed E-state index contributed by atoms with van der Waals surface area (Å²) in [5, 5.41) is 3.03. The van der Waals surface area contributed by atoms with Gasteiger partial charge in [0.05, 0.1) is 0 Å². The average molecular weight is 308 g/mol. The molecule has 0 aromatic rings. The molecule has 1 atom stereocenters. The molecular formula is C15H15F3N4. The molecule has 0 aliphatic carbocycles. The Morgan fingerprint density at radius 1 is 1.32 bits per heavy atom. The fourth-order valence-corrected chi connectivity index (χ4v) is 1.93. The molecule has 7 heteroatoms. The van der Waals surface area contributed by atoms with E-state index in [0.717, 1.165) is 5.70 Å². The number of nitrogens with one attached hydrogen (secondary N) is 1. The molecule has 4 nitrogen and oxygen atoms in total. The molecule has 2 heterocycles. The zero-order valence-electron chi connectivity index (χ0n) is 11.8. The molecule has 2 aliphatic rings. The quantitative estimate of drug-likeness (QED) is 0.631. The number of allylic oxidation sites excluding steroid dienone is 2. The maximum absolute atomic E-state index is 12.9. The average Bonchev–Trinajstić information content (AvgIpc) is 2.52. The lowest BCUT2D eigenvalue weighted by molar-refractivity contribution is -0.0602. The van der Waals surface area contributed by atoms with Crippen LogP contribution in [0.1, 0.15) is 12.8 Å². The molecule has 0 radical (unpaired) electrons. The van der Waals surface area contributed by atoms with Crippen molar-refractivity contribution < 1.29 is 13.2 Å². The van der Waals surface area contributed by atoms with Crippen molar-refractivity contribution in [3.63, 3.8) is 0 Å². The van der Waals surface area contributed by atoms with E-state index in [0.29, 0.717) is 17.8 Å². The third kappa shape index (κ3) is 4.03. The van der Waals surface area contributed by atoms with Gasteiger partial charge in [0.25, 0.3) is 0 Å². The van der Waals surface area contributed by atoms with Gasteiger partial charge < -0.3 is 5.32 Å². The minimum Gasteiger partial charge on any atom is -0.343 e. The van der Waals surface area contributed by atoms with Gasteiger partial charge in [0.1, 0.15) is 11.5 Å². The molecule has 0 saturated carbocycles. The normalized spacial score (nSPS) is 24.1. The third-order valence-corrected chi connectivity index (χ3v) is 2.96. The summed E-state index contributed by atoms with van der Waals surface area (Å²) in [4.78, 5) is 11.7. The van der Waals surface area contributed by atoms with Gasteiger partial charge in [-0.25, -0.2) is 4.99 Å². The summed E-state index contributed by atoms with van der Waals surface area (Å²) >= 11 is 0. The van der Waals surface area contributed by atoms with Crippen LogP contribution in [-0.2, 0) is 0 Å². The van der Waals surface area contributed by atoms with Crippen LogP contribution in [0.15, 0.2) is 63.8 Å². The topological polar surface area (TPSA) is 49.1 Å². The standard InChI is InChI=1S/C15H15F3N4/c1-3-19-9-10(2)14-20-11-6-4-5-7-12(15(16,17)18)21-13(8-11)22-14/h3-5,8-9,13H,1-2,6-7H2,(H,20,22)/b5-4?,19-9?,21-12+. The first-order chi connectivity index (χ1) is 10.4. The second-order valence-corrected chi connectivity index (χ2v) is 4.65. The van der Waals surface area contributed by atoms with Crippen LogP contribution in [0, 0.1) is 0 Å². The van der Waals surface area contributed by atoms with Crippen LogP contribution in [0.5, 0.6) is 0 Å². The first-order valence-corrected chi connectivity index (χ1v) is 6.58. The van der Waals surface area contributed by atoms with Gasteiger partial charge in [-0.15, -0.1) is 0 Å². The lowest BCUT2D eigenvalue weighted by Crippen LogP contribution is -2.31. The second-order valence-electron chi connectivity index (χ2n) is 4.65. The van der Waals surface area contributed by atoms with Crippen molar-refractivity contribution in [3.8, 4) is 0 Å². The van der Waals surface area contributed by atoms with Crippen LogP contribution in [0.4, 0.5) is 13.2 Å². The molecule has 0 saturated heterocycles. The number of hydrogen-bond acceptors (Lipinski definition) is 4. The fraction of sp³-hybridized carbons (Fsp3) is 0.267. The van der Waals surface area contributed by atoms with Gasteiger partial charge in [0.15, 0.2) is 6.17 Å². The largest absolute Gasteiger partial charge is 0.429 e. The number of rotatable bonds is 3. The van der Waals surface area contributed by atoms with Gasteiger partial charge in [-0.2, -0.15) is 13.2 Å². The van der Waals surface area contributed by atoms with E-state index in [9.17, 15) is 13.2 Å². The van der Waals surface area contributed by atoms with E-state index < -0.39 is 18.1 Å². The molecule has 2 rings (SSSR count). The van der Waals surface area contributed by atoms with Crippen molar-refractivity contribution in [2.24, 2.45) is 15.0 Å². The Morgan fingerprint density at radius 3 is 2.73 bits per heavy atom. The van der Waals surface area contributed by atoms with E-state index in [-0.39, 0.29) is 6.42 Å². The van der Waals surface area contributed by atoms with Gasteiger partial charge in [0.2, 0.25) is 0 Å². The van der Waals surface area contributed by atoms with Crippen molar-refractivity contribution in [2.75, 3.05) is 0 Å². The Balaban J connectivity index is 2.35. The van der Waals surface area contributed by atoms with Crippen LogP contribution in [0.25, 0.3) is 0 Å². The minimum absolute atomic E-state index is 0.259. The number of amidine groups is 1. The van der Waals surface area contributed by atoms with Crippen LogP contribution in [-0.4, -0.2) is 30.1 Å². The summed E-state index contributed by atoms with van der Waals surface area (Å²) in [7, 11) is 0. The maximum atomic E-state index is 12.9. The first kappa shape index (κ1) is 15.9. The highest BCUT2D eigenvalue weighted by Gasteiger charge is 2.35. The fourth-order valence-electron chi connectivity index (χ4n) is 1.93. The molecule has 22 heavy (non-hydrogen) atoms. The van der Waals surface area contributed by atoms with Gasteiger partial charge in [0, 0.05) is 36.5 Å². The van der Waals surface area contributed by atoms with Gasteiger partial charge in [-0.05, 0) is 6.08 Å². The van der Waals surface area contributed by atoms with E-state index in [2.05, 4.69) is 33.5 Å². The smallest absolute Gasteiger partial charge is 0.343 e. The summed E-state index contributed by atoms with van der Waals surface area (Å²) in [5.41, 5.74) is 0.329. The molecule has 1 N–H and O–H groups in total. The predicted octanol–water partition coefficient (Wildman–Crippen LogP) is 3.32. The maximum Gasteiger partial charge on any atom is 0.429 e. The summed E-state index contributed by atoms with van der Waals surface area (Å²) in [6, 6.07) is 0. The molecule has 0 amide bonds. The Morgan fingerprint density at radius 2 is 2.05 bits per heavy atom. The summed E-state index contributed by atoms with van der Waals surface area (Å²) < 4.78 is 38.8.